The van der Waals surface area contributed by atoms with Crippen molar-refractivity contribution in [3.05, 3.63) is 72.5 Å². The van der Waals surface area contributed by atoms with E-state index in [1.807, 2.05) is 36.6 Å². The highest BCUT2D eigenvalue weighted by Gasteiger charge is 2.09. The molecule has 0 N–H and O–H groups in total. The first-order valence-electron chi connectivity index (χ1n) is 15.0. The Morgan fingerprint density at radius 2 is 1.76 bits per heavy atom. The quantitative estimate of drug-likeness (QED) is 0.0878. The number of hydrogen-bond donors (Lipinski definition) is 0. The zero-order valence-corrected chi connectivity index (χ0v) is 26.1. The molecule has 0 heterocycles. The molecule has 1 atom stereocenters. The van der Waals surface area contributed by atoms with Gasteiger partial charge in [0, 0.05) is 19.5 Å². The molecule has 216 valence electrons. The number of benzene rings is 1. The summed E-state index contributed by atoms with van der Waals surface area (Å²) in [6.07, 6.45) is 17.6. The van der Waals surface area contributed by atoms with Crippen LogP contribution in [0.25, 0.3) is 0 Å². The maximum absolute atomic E-state index is 11.7. The van der Waals surface area contributed by atoms with Crippen molar-refractivity contribution in [1.82, 2.24) is 4.90 Å². The van der Waals surface area contributed by atoms with Crippen LogP contribution in [0.1, 0.15) is 97.1 Å². The van der Waals surface area contributed by atoms with E-state index in [0.29, 0.717) is 18.9 Å². The Morgan fingerprint density at radius 3 is 2.37 bits per heavy atom. The molecule has 0 bridgehead atoms. The number of carbonyl (C=O) groups excluding carboxylic acids is 1. The van der Waals surface area contributed by atoms with Crippen LogP contribution in [0.5, 0.6) is 0 Å². The molecule has 0 aliphatic carbocycles. The molecule has 0 radical (unpaired) electrons. The SMILES string of the molecule is C=C(CCCSCC)OCCC(=O)N(CC)CC.C=CCC(/C=C/CCc1cccc(CCC)c1)CCC. The topological polar surface area (TPSA) is 29.5 Å². The van der Waals surface area contributed by atoms with Crippen LogP contribution in [0.4, 0.5) is 0 Å². The van der Waals surface area contributed by atoms with Crippen molar-refractivity contribution in [3.63, 3.8) is 0 Å². The van der Waals surface area contributed by atoms with Crippen LogP contribution in [-0.2, 0) is 22.4 Å². The Kier molecular flexibility index (Phi) is 24.1. The standard InChI is InChI=1S/C20H30.C14H27NO2S/c1-4-10-18(11-5-2)13-7-8-14-20-16-9-15-19(17-20)12-6-3;1-5-15(6-2)14(16)10-11-17-13(4)9-8-12-18-7-3/h4,7,9,13,15-18H,1,5-6,8,10-12,14H2,2-3H3;4-12H2,1-3H3/b13-7+;. The normalized spacial score (nSPS) is 11.5. The van der Waals surface area contributed by atoms with Gasteiger partial charge in [-0.05, 0) is 80.9 Å². The average molecular weight is 544 g/mol. The van der Waals surface area contributed by atoms with Crippen molar-refractivity contribution >= 4 is 17.7 Å². The summed E-state index contributed by atoms with van der Waals surface area (Å²) in [5.74, 6) is 3.96. The number of thioether (sulfide) groups is 1. The Balaban J connectivity index is 0.000000726. The van der Waals surface area contributed by atoms with E-state index >= 15 is 0 Å². The highest BCUT2D eigenvalue weighted by Crippen LogP contribution is 2.15. The van der Waals surface area contributed by atoms with E-state index in [1.165, 1.54) is 36.8 Å². The van der Waals surface area contributed by atoms with E-state index in [9.17, 15) is 4.79 Å². The Labute approximate surface area is 240 Å². The molecule has 0 aliphatic rings. The number of aryl methyl sites for hydroxylation is 2. The molecule has 1 rings (SSSR count). The summed E-state index contributed by atoms with van der Waals surface area (Å²) >= 11 is 1.93. The zero-order chi connectivity index (χ0) is 28.4. The molecule has 1 aromatic rings. The third kappa shape index (κ3) is 19.2. The first kappa shape index (κ1) is 36.1. The predicted octanol–water partition coefficient (Wildman–Crippen LogP) is 9.43. The lowest BCUT2D eigenvalue weighted by Crippen LogP contribution is -2.31. The fourth-order valence-corrected chi connectivity index (χ4v) is 4.89. The first-order chi connectivity index (χ1) is 18.4. The van der Waals surface area contributed by atoms with Crippen molar-refractivity contribution in [2.45, 2.75) is 98.8 Å². The molecule has 38 heavy (non-hydrogen) atoms. The van der Waals surface area contributed by atoms with Crippen molar-refractivity contribution in [2.75, 3.05) is 31.2 Å². The van der Waals surface area contributed by atoms with E-state index in [2.05, 4.69) is 70.3 Å². The number of allylic oxidation sites excluding steroid dienone is 4. The van der Waals surface area contributed by atoms with E-state index in [0.717, 1.165) is 62.5 Å². The number of amides is 1. The molecule has 0 fully saturated rings. The minimum atomic E-state index is 0.161. The summed E-state index contributed by atoms with van der Waals surface area (Å²) in [7, 11) is 0. The highest BCUT2D eigenvalue weighted by molar-refractivity contribution is 7.99. The van der Waals surface area contributed by atoms with Crippen LogP contribution in [-0.4, -0.2) is 42.0 Å². The van der Waals surface area contributed by atoms with Gasteiger partial charge in [0.1, 0.15) is 0 Å². The summed E-state index contributed by atoms with van der Waals surface area (Å²) in [5.41, 5.74) is 2.95. The molecule has 0 aromatic heterocycles. The molecule has 0 saturated heterocycles. The van der Waals surface area contributed by atoms with Gasteiger partial charge in [0.2, 0.25) is 5.91 Å². The Hall–Kier alpha value is -1.94. The predicted molar refractivity (Wildman–Crippen MR) is 171 cm³/mol. The lowest BCUT2D eigenvalue weighted by molar-refractivity contribution is -0.131. The molecule has 1 unspecified atom stereocenters. The number of rotatable bonds is 21. The minimum absolute atomic E-state index is 0.161. The number of ether oxygens (including phenoxy) is 1. The molecular weight excluding hydrogens is 486 g/mol. The van der Waals surface area contributed by atoms with Crippen LogP contribution >= 0.6 is 11.8 Å². The maximum atomic E-state index is 11.7. The van der Waals surface area contributed by atoms with E-state index in [4.69, 9.17) is 4.74 Å². The van der Waals surface area contributed by atoms with Crippen molar-refractivity contribution in [3.8, 4) is 0 Å². The summed E-state index contributed by atoms with van der Waals surface area (Å²) < 4.78 is 5.48. The fraction of sp³-hybridized carbons (Fsp3) is 0.618. The fourth-order valence-electron chi connectivity index (χ4n) is 4.25. The maximum Gasteiger partial charge on any atom is 0.225 e. The van der Waals surface area contributed by atoms with Gasteiger partial charge in [-0.3, -0.25) is 4.79 Å². The minimum Gasteiger partial charge on any atom is -0.498 e. The lowest BCUT2D eigenvalue weighted by atomic mass is 9.98. The number of hydrogen-bond acceptors (Lipinski definition) is 3. The van der Waals surface area contributed by atoms with Crippen LogP contribution in [0.3, 0.4) is 0 Å². The van der Waals surface area contributed by atoms with Gasteiger partial charge in [-0.2, -0.15) is 11.8 Å². The third-order valence-electron chi connectivity index (χ3n) is 6.35. The zero-order valence-electron chi connectivity index (χ0n) is 25.3. The van der Waals surface area contributed by atoms with Crippen molar-refractivity contribution in [2.24, 2.45) is 5.92 Å². The van der Waals surface area contributed by atoms with E-state index in [1.54, 1.807) is 0 Å². The van der Waals surface area contributed by atoms with Crippen LogP contribution in [0.2, 0.25) is 0 Å². The Bertz CT molecular complexity index is 770. The molecular formula is C34H57NO2S. The molecule has 1 amide bonds. The molecule has 0 aliphatic heterocycles. The largest absolute Gasteiger partial charge is 0.498 e. The van der Waals surface area contributed by atoms with Crippen molar-refractivity contribution < 1.29 is 9.53 Å². The van der Waals surface area contributed by atoms with Gasteiger partial charge >= 0.3 is 0 Å². The van der Waals surface area contributed by atoms with Gasteiger partial charge < -0.3 is 9.64 Å². The molecule has 4 heteroatoms. The second-order valence-electron chi connectivity index (χ2n) is 9.61. The van der Waals surface area contributed by atoms with Gasteiger partial charge in [-0.1, -0.05) is 82.7 Å². The second-order valence-corrected chi connectivity index (χ2v) is 11.0. The number of nitrogens with zero attached hydrogens (tertiary/aromatic N) is 1. The lowest BCUT2D eigenvalue weighted by Gasteiger charge is -2.18. The van der Waals surface area contributed by atoms with Gasteiger partial charge in [0.05, 0.1) is 18.8 Å². The van der Waals surface area contributed by atoms with Crippen molar-refractivity contribution in [1.29, 1.82) is 0 Å². The second kappa shape index (κ2) is 25.3. The van der Waals surface area contributed by atoms with Gasteiger partial charge in [0.15, 0.2) is 0 Å². The van der Waals surface area contributed by atoms with Gasteiger partial charge in [0.25, 0.3) is 0 Å². The van der Waals surface area contributed by atoms with Crippen LogP contribution in [0, 0.1) is 5.92 Å². The van der Waals surface area contributed by atoms with E-state index in [-0.39, 0.29) is 5.91 Å². The van der Waals surface area contributed by atoms with Crippen LogP contribution < -0.4 is 0 Å². The summed E-state index contributed by atoms with van der Waals surface area (Å²) in [5, 5.41) is 0. The smallest absolute Gasteiger partial charge is 0.225 e. The highest BCUT2D eigenvalue weighted by atomic mass is 32.2. The van der Waals surface area contributed by atoms with E-state index < -0.39 is 0 Å². The third-order valence-corrected chi connectivity index (χ3v) is 7.34. The molecule has 1 aromatic carbocycles. The molecule has 3 nitrogen and oxygen atoms in total. The monoisotopic (exact) mass is 543 g/mol. The first-order valence-corrected chi connectivity index (χ1v) is 16.1. The average Bonchev–Trinajstić information content (AvgIpc) is 2.91. The number of carbonyl (C=O) groups is 1. The summed E-state index contributed by atoms with van der Waals surface area (Å²) in [4.78, 5) is 13.5. The summed E-state index contributed by atoms with van der Waals surface area (Å²) in [6.45, 7) is 20.4. The van der Waals surface area contributed by atoms with Gasteiger partial charge in [-0.25, -0.2) is 0 Å². The Morgan fingerprint density at radius 1 is 1.05 bits per heavy atom. The summed E-state index contributed by atoms with van der Waals surface area (Å²) in [6, 6.07) is 9.05. The molecule has 0 spiro atoms. The van der Waals surface area contributed by atoms with Crippen LogP contribution in [0.15, 0.2) is 61.4 Å². The molecule has 0 saturated carbocycles. The van der Waals surface area contributed by atoms with Gasteiger partial charge in [-0.15, -0.1) is 6.58 Å².